The number of nitrogens with zero attached hydrogens (tertiary/aromatic N) is 1. The van der Waals surface area contributed by atoms with E-state index in [-0.39, 0.29) is 23.7 Å². The largest absolute Gasteiger partial charge is 0.416 e. The van der Waals surface area contributed by atoms with Gasteiger partial charge in [-0.05, 0) is 17.7 Å². The third-order valence-electron chi connectivity index (χ3n) is 1.93. The van der Waals surface area contributed by atoms with E-state index in [0.29, 0.717) is 0 Å². The van der Waals surface area contributed by atoms with Crippen molar-refractivity contribution in [2.75, 3.05) is 6.54 Å². The SMILES string of the molecule is N#CCNCc1c(Cl)cccc1C(F)(F)F. The zero-order valence-corrected chi connectivity index (χ0v) is 8.86. The highest BCUT2D eigenvalue weighted by Gasteiger charge is 2.33. The maximum atomic E-state index is 12.6. The number of rotatable bonds is 3. The van der Waals surface area contributed by atoms with Gasteiger partial charge in [0.2, 0.25) is 0 Å². The standard InChI is InChI=1S/C10H8ClF3N2/c11-9-3-1-2-8(10(12,13)14)7(9)6-16-5-4-15/h1-3,16H,5-6H2. The molecule has 1 N–H and O–H groups in total. The van der Waals surface area contributed by atoms with Crippen molar-refractivity contribution < 1.29 is 13.2 Å². The van der Waals surface area contributed by atoms with Crippen LogP contribution in [0.1, 0.15) is 11.1 Å². The fourth-order valence-electron chi connectivity index (χ4n) is 1.25. The summed E-state index contributed by atoms with van der Waals surface area (Å²) in [7, 11) is 0. The van der Waals surface area contributed by atoms with Crippen LogP contribution in [0.3, 0.4) is 0 Å². The van der Waals surface area contributed by atoms with Crippen molar-refractivity contribution in [3.63, 3.8) is 0 Å². The molecule has 1 rings (SSSR count). The van der Waals surface area contributed by atoms with E-state index >= 15 is 0 Å². The van der Waals surface area contributed by atoms with E-state index in [4.69, 9.17) is 16.9 Å². The van der Waals surface area contributed by atoms with Crippen LogP contribution in [-0.4, -0.2) is 6.54 Å². The lowest BCUT2D eigenvalue weighted by atomic mass is 10.1. The van der Waals surface area contributed by atoms with Crippen LogP contribution in [0.5, 0.6) is 0 Å². The summed E-state index contributed by atoms with van der Waals surface area (Å²) in [6.07, 6.45) is -4.44. The highest BCUT2D eigenvalue weighted by atomic mass is 35.5. The first-order valence-electron chi connectivity index (χ1n) is 4.39. The quantitative estimate of drug-likeness (QED) is 0.659. The van der Waals surface area contributed by atoms with E-state index in [2.05, 4.69) is 5.32 Å². The van der Waals surface area contributed by atoms with Gasteiger partial charge in [-0.3, -0.25) is 0 Å². The summed E-state index contributed by atoms with van der Waals surface area (Å²) in [4.78, 5) is 0. The van der Waals surface area contributed by atoms with Crippen LogP contribution in [0.25, 0.3) is 0 Å². The maximum Gasteiger partial charge on any atom is 0.416 e. The minimum Gasteiger partial charge on any atom is -0.300 e. The third-order valence-corrected chi connectivity index (χ3v) is 2.28. The van der Waals surface area contributed by atoms with Gasteiger partial charge in [-0.15, -0.1) is 0 Å². The Morgan fingerprint density at radius 1 is 1.38 bits per heavy atom. The molecule has 0 saturated heterocycles. The molecule has 86 valence electrons. The summed E-state index contributed by atoms with van der Waals surface area (Å²) in [6, 6.07) is 5.39. The number of halogens is 4. The van der Waals surface area contributed by atoms with Crippen LogP contribution >= 0.6 is 11.6 Å². The van der Waals surface area contributed by atoms with Gasteiger partial charge in [0.1, 0.15) is 0 Å². The summed E-state index contributed by atoms with van der Waals surface area (Å²) in [6.45, 7) is -0.107. The van der Waals surface area contributed by atoms with Crippen molar-refractivity contribution in [1.82, 2.24) is 5.32 Å². The lowest BCUT2D eigenvalue weighted by Gasteiger charge is -2.13. The number of alkyl halides is 3. The number of hydrogen-bond donors (Lipinski definition) is 1. The minimum absolute atomic E-state index is 0.0253. The molecule has 0 aliphatic heterocycles. The van der Waals surface area contributed by atoms with Gasteiger partial charge >= 0.3 is 6.18 Å². The fourth-order valence-corrected chi connectivity index (χ4v) is 1.49. The molecule has 0 spiro atoms. The number of benzene rings is 1. The Balaban J connectivity index is 3.01. The summed E-state index contributed by atoms with van der Waals surface area (Å²) in [5.41, 5.74) is -0.808. The van der Waals surface area contributed by atoms with Crippen LogP contribution < -0.4 is 5.32 Å². The smallest absolute Gasteiger partial charge is 0.300 e. The van der Waals surface area contributed by atoms with Crippen LogP contribution in [0, 0.1) is 11.3 Å². The molecule has 2 nitrogen and oxygen atoms in total. The van der Waals surface area contributed by atoms with Crippen LogP contribution in [0.4, 0.5) is 13.2 Å². The second kappa shape index (κ2) is 5.19. The first-order chi connectivity index (χ1) is 7.46. The lowest BCUT2D eigenvalue weighted by Crippen LogP contribution is -2.18. The van der Waals surface area contributed by atoms with Crippen molar-refractivity contribution >= 4 is 11.6 Å². The molecule has 0 aliphatic carbocycles. The number of nitrogens with one attached hydrogen (secondary N) is 1. The Morgan fingerprint density at radius 3 is 2.62 bits per heavy atom. The molecule has 0 unspecified atom stereocenters. The molecule has 0 fully saturated rings. The average molecular weight is 249 g/mol. The molecule has 0 aliphatic rings. The molecule has 0 bridgehead atoms. The summed E-state index contributed by atoms with van der Waals surface area (Å²) in [5.74, 6) is 0. The van der Waals surface area contributed by atoms with E-state index < -0.39 is 11.7 Å². The third kappa shape index (κ3) is 3.12. The summed E-state index contributed by atoms with van der Waals surface area (Å²) >= 11 is 5.69. The summed E-state index contributed by atoms with van der Waals surface area (Å²) < 4.78 is 37.8. The van der Waals surface area contributed by atoms with Crippen molar-refractivity contribution in [3.05, 3.63) is 34.3 Å². The molecule has 0 heterocycles. The Bertz CT molecular complexity index is 410. The molecule has 0 saturated carbocycles. The van der Waals surface area contributed by atoms with Crippen molar-refractivity contribution in [3.8, 4) is 6.07 Å². The highest BCUT2D eigenvalue weighted by molar-refractivity contribution is 6.31. The Labute approximate surface area is 95.6 Å². The molecule has 0 aromatic heterocycles. The minimum atomic E-state index is -4.44. The molecular formula is C10H8ClF3N2. The first kappa shape index (κ1) is 12.8. The Morgan fingerprint density at radius 2 is 2.06 bits per heavy atom. The van der Waals surface area contributed by atoms with Crippen LogP contribution in [-0.2, 0) is 12.7 Å². The average Bonchev–Trinajstić information content (AvgIpc) is 2.19. The second-order valence-corrected chi connectivity index (χ2v) is 3.43. The van der Waals surface area contributed by atoms with Gasteiger partial charge in [-0.1, -0.05) is 17.7 Å². The first-order valence-corrected chi connectivity index (χ1v) is 4.77. The van der Waals surface area contributed by atoms with E-state index in [1.165, 1.54) is 12.1 Å². The molecule has 16 heavy (non-hydrogen) atoms. The second-order valence-electron chi connectivity index (χ2n) is 3.03. The lowest BCUT2D eigenvalue weighted by molar-refractivity contribution is -0.138. The van der Waals surface area contributed by atoms with Gasteiger partial charge in [0, 0.05) is 11.6 Å². The normalized spacial score (nSPS) is 11.2. The molecule has 1 aromatic rings. The topological polar surface area (TPSA) is 35.8 Å². The van der Waals surface area contributed by atoms with Gasteiger partial charge in [0.25, 0.3) is 0 Å². The van der Waals surface area contributed by atoms with Crippen molar-refractivity contribution in [2.45, 2.75) is 12.7 Å². The van der Waals surface area contributed by atoms with Gasteiger partial charge in [0.05, 0.1) is 18.2 Å². The van der Waals surface area contributed by atoms with Gasteiger partial charge in [-0.25, -0.2) is 0 Å². The maximum absolute atomic E-state index is 12.6. The molecule has 0 radical (unpaired) electrons. The predicted molar refractivity (Wildman–Crippen MR) is 53.8 cm³/mol. The molecule has 1 aromatic carbocycles. The monoisotopic (exact) mass is 248 g/mol. The number of hydrogen-bond acceptors (Lipinski definition) is 2. The summed E-state index contributed by atoms with van der Waals surface area (Å²) in [5, 5.41) is 10.9. The Hall–Kier alpha value is -1.25. The van der Waals surface area contributed by atoms with E-state index in [1.54, 1.807) is 6.07 Å². The van der Waals surface area contributed by atoms with E-state index in [9.17, 15) is 13.2 Å². The molecular weight excluding hydrogens is 241 g/mol. The van der Waals surface area contributed by atoms with Gasteiger partial charge in [-0.2, -0.15) is 18.4 Å². The van der Waals surface area contributed by atoms with E-state index in [0.717, 1.165) is 6.07 Å². The van der Waals surface area contributed by atoms with Crippen LogP contribution in [0.2, 0.25) is 5.02 Å². The molecule has 6 heteroatoms. The Kier molecular flexibility index (Phi) is 4.16. The zero-order chi connectivity index (χ0) is 12.2. The highest BCUT2D eigenvalue weighted by Crippen LogP contribution is 2.34. The van der Waals surface area contributed by atoms with Crippen molar-refractivity contribution in [2.24, 2.45) is 0 Å². The van der Waals surface area contributed by atoms with Gasteiger partial charge < -0.3 is 5.32 Å². The van der Waals surface area contributed by atoms with E-state index in [1.807, 2.05) is 0 Å². The predicted octanol–water partition coefficient (Wildman–Crippen LogP) is 2.97. The molecule has 0 amide bonds. The zero-order valence-electron chi connectivity index (χ0n) is 8.11. The number of nitriles is 1. The van der Waals surface area contributed by atoms with Crippen LogP contribution in [0.15, 0.2) is 18.2 Å². The molecule has 0 atom stereocenters. The van der Waals surface area contributed by atoms with Gasteiger partial charge in [0.15, 0.2) is 0 Å². The fraction of sp³-hybridized carbons (Fsp3) is 0.300. The van der Waals surface area contributed by atoms with Crippen molar-refractivity contribution in [1.29, 1.82) is 5.26 Å².